The van der Waals surface area contributed by atoms with Crippen LogP contribution in [-0.2, 0) is 24.1 Å². The van der Waals surface area contributed by atoms with Crippen LogP contribution in [0.15, 0.2) is 61.5 Å². The van der Waals surface area contributed by atoms with Crippen molar-refractivity contribution in [1.82, 2.24) is 5.32 Å². The summed E-state index contributed by atoms with van der Waals surface area (Å²) < 4.78 is 38.9. The normalized spacial score (nSPS) is 11.8. The highest BCUT2D eigenvalue weighted by Gasteiger charge is 2.31. The van der Waals surface area contributed by atoms with Gasteiger partial charge in [0.25, 0.3) is 0 Å². The topological polar surface area (TPSA) is 188 Å². The number of carbonyl (C=O) groups is 3. The van der Waals surface area contributed by atoms with E-state index in [2.05, 4.69) is 22.3 Å². The molecule has 0 spiro atoms. The zero-order chi connectivity index (χ0) is 36.2. The monoisotopic (exact) mass is 717 g/mol. The molecule has 258 valence electrons. The number of anilines is 2. The van der Waals surface area contributed by atoms with Crippen molar-refractivity contribution in [2.75, 3.05) is 23.1 Å². The highest BCUT2D eigenvalue weighted by molar-refractivity contribution is 8.01. The number of benzene rings is 2. The number of thiophene rings is 1. The lowest BCUT2D eigenvalue weighted by Crippen LogP contribution is -2.49. The summed E-state index contributed by atoms with van der Waals surface area (Å²) in [6, 6.07) is 10.4. The van der Waals surface area contributed by atoms with Gasteiger partial charge in [0.05, 0.1) is 25.4 Å². The van der Waals surface area contributed by atoms with E-state index in [0.29, 0.717) is 25.9 Å². The molecule has 4 N–H and O–H groups in total. The number of rotatable bonds is 8. The minimum absolute atomic E-state index is 0.0101. The first-order valence-corrected chi connectivity index (χ1v) is 17.9. The van der Waals surface area contributed by atoms with Gasteiger partial charge in [0.15, 0.2) is 0 Å². The van der Waals surface area contributed by atoms with E-state index in [0.717, 1.165) is 4.90 Å². The molecule has 1 aromatic heterocycles. The van der Waals surface area contributed by atoms with Gasteiger partial charge in [-0.05, 0) is 103 Å². The Balaban J connectivity index is 2.22. The summed E-state index contributed by atoms with van der Waals surface area (Å²) in [5.41, 5.74) is -0.593. The number of aryl methyl sites for hydroxylation is 1. The number of aliphatic hydroxyl groups is 1. The van der Waals surface area contributed by atoms with Crippen LogP contribution < -0.4 is 15.5 Å². The minimum Gasteiger partial charge on any atom is -0.444 e. The molecule has 48 heavy (non-hydrogen) atoms. The molecular formula is C32H39N5O8S3. The first-order valence-electron chi connectivity index (χ1n) is 14.4. The molecule has 3 aromatic rings. The number of hydrogen-bond donors (Lipinski definition) is 4. The molecule has 0 radical (unpaired) electrons. The molecule has 0 atom stereocenters. The van der Waals surface area contributed by atoms with Crippen LogP contribution in [0.1, 0.15) is 47.1 Å². The van der Waals surface area contributed by atoms with Crippen molar-refractivity contribution >= 4 is 80.1 Å². The van der Waals surface area contributed by atoms with Crippen LogP contribution >= 0.6 is 23.1 Å². The lowest BCUT2D eigenvalue weighted by Gasteiger charge is -2.29. The van der Waals surface area contributed by atoms with E-state index in [4.69, 9.17) is 14.9 Å². The maximum Gasteiger partial charge on any atom is 0.421 e. The van der Waals surface area contributed by atoms with Gasteiger partial charge in [-0.2, -0.15) is 0 Å². The Labute approximate surface area is 288 Å². The molecule has 0 aliphatic heterocycles. The van der Waals surface area contributed by atoms with Gasteiger partial charge in [-0.15, -0.1) is 23.1 Å². The van der Waals surface area contributed by atoms with Crippen LogP contribution in [0.2, 0.25) is 0 Å². The number of guanidine groups is 1. The summed E-state index contributed by atoms with van der Waals surface area (Å²) in [7, 11) is -4.02. The number of aliphatic hydroxyl groups excluding tert-OH is 1. The van der Waals surface area contributed by atoms with Gasteiger partial charge >= 0.3 is 12.2 Å². The number of aliphatic imine (C=N–C) groups is 1. The number of sulfone groups is 1. The molecule has 0 saturated carbocycles. The van der Waals surface area contributed by atoms with Crippen molar-refractivity contribution < 1.29 is 37.4 Å². The van der Waals surface area contributed by atoms with Crippen LogP contribution in [0, 0.1) is 12.3 Å². The maximum absolute atomic E-state index is 13.8. The Morgan fingerprint density at radius 2 is 1.71 bits per heavy atom. The van der Waals surface area contributed by atoms with Crippen molar-refractivity contribution in [3.8, 4) is 11.1 Å². The summed E-state index contributed by atoms with van der Waals surface area (Å²) >= 11 is 2.48. The molecule has 0 aliphatic carbocycles. The second kappa shape index (κ2) is 14.9. The lowest BCUT2D eigenvalue weighted by atomic mass is 9.97. The Bertz CT molecular complexity index is 1860. The number of amides is 3. The van der Waals surface area contributed by atoms with Gasteiger partial charge in [-0.3, -0.25) is 20.5 Å². The number of alkyl carbamates (subject to hydrolysis) is 1. The largest absolute Gasteiger partial charge is 0.444 e. The second-order valence-corrected chi connectivity index (χ2v) is 16.3. The Hall–Kier alpha value is -4.25. The average molecular weight is 718 g/mol. The molecule has 3 amide bonds. The van der Waals surface area contributed by atoms with E-state index < -0.39 is 51.7 Å². The number of nitrogens with zero attached hydrogens (tertiary/aromatic N) is 2. The Kier molecular flexibility index (Phi) is 11.8. The van der Waals surface area contributed by atoms with Gasteiger partial charge in [0, 0.05) is 5.56 Å². The molecule has 0 saturated heterocycles. The van der Waals surface area contributed by atoms with E-state index in [9.17, 15) is 27.9 Å². The average Bonchev–Trinajstić information content (AvgIpc) is 3.40. The third kappa shape index (κ3) is 9.43. The van der Waals surface area contributed by atoms with Gasteiger partial charge in [-0.1, -0.05) is 12.1 Å². The third-order valence-corrected chi connectivity index (χ3v) is 10.4. The summed E-state index contributed by atoms with van der Waals surface area (Å²) in [6.45, 7) is 14.1. The molecule has 0 fully saturated rings. The molecule has 3 rings (SSSR count). The molecule has 0 bridgehead atoms. The van der Waals surface area contributed by atoms with E-state index in [1.165, 1.54) is 53.4 Å². The highest BCUT2D eigenvalue weighted by atomic mass is 32.2. The summed E-state index contributed by atoms with van der Waals surface area (Å²) in [4.78, 5) is 43.2. The van der Waals surface area contributed by atoms with Crippen molar-refractivity contribution in [1.29, 1.82) is 5.41 Å². The van der Waals surface area contributed by atoms with Crippen LogP contribution in [0.5, 0.6) is 0 Å². The van der Waals surface area contributed by atoms with E-state index in [1.54, 1.807) is 66.9 Å². The Morgan fingerprint density at radius 1 is 1.06 bits per heavy atom. The van der Waals surface area contributed by atoms with Crippen LogP contribution in [0.3, 0.4) is 0 Å². The predicted molar refractivity (Wildman–Crippen MR) is 189 cm³/mol. The molecule has 16 heteroatoms. The zero-order valence-corrected chi connectivity index (χ0v) is 30.3. The number of ether oxygens (including phenoxy) is 2. The fraction of sp³-hybridized carbons (Fsp3) is 0.344. The molecular weight excluding hydrogens is 679 g/mol. The smallest absolute Gasteiger partial charge is 0.421 e. The fourth-order valence-electron chi connectivity index (χ4n) is 4.36. The molecule has 13 nitrogen and oxygen atoms in total. The molecule has 0 unspecified atom stereocenters. The summed E-state index contributed by atoms with van der Waals surface area (Å²) in [5.74, 6) is -1.50. The van der Waals surface area contributed by atoms with Crippen molar-refractivity contribution in [2.24, 2.45) is 4.99 Å². The minimum atomic E-state index is -4.02. The predicted octanol–water partition coefficient (Wildman–Crippen LogP) is 6.74. The molecule has 1 heterocycles. The second-order valence-electron chi connectivity index (χ2n) is 12.3. The summed E-state index contributed by atoms with van der Waals surface area (Å²) in [6.07, 6.45) is -0.247. The SMILES string of the molecule is C=Nc1cc(S(=O)(=O)c2cccc(-c3c(C)cc(N(C(=N)NC(=O)OC(C)(C)C)C(=O)OC(C)(C)C)cc3NC(=O)CO)c2)c(SC)s1. The maximum atomic E-state index is 13.8. The van der Waals surface area contributed by atoms with Crippen LogP contribution in [0.25, 0.3) is 11.1 Å². The standard InChI is InChI=1S/C32H39N5O8S3/c1-18-13-20(37(30(41)45-32(5,6)7)28(33)36-29(40)44-31(2,3)4)15-22(35-24(39)17-38)26(18)19-11-10-12-21(14-19)48(42,43)23-16-25(34-8)47-27(23)46-9/h10-16,38H,8,17H2,1-7,9H3,(H,35,39)(H2,33,36,40). The third-order valence-electron chi connectivity index (χ3n) is 6.13. The van der Waals surface area contributed by atoms with Crippen molar-refractivity contribution in [3.05, 3.63) is 48.0 Å². The first kappa shape index (κ1) is 38.2. The van der Waals surface area contributed by atoms with Crippen molar-refractivity contribution in [3.63, 3.8) is 0 Å². The van der Waals surface area contributed by atoms with E-state index in [-0.39, 0.29) is 21.2 Å². The fourth-order valence-corrected chi connectivity index (χ4v) is 8.19. The molecule has 2 aromatic carbocycles. The van der Waals surface area contributed by atoms with E-state index in [1.807, 2.05) is 0 Å². The number of thioether (sulfide) groups is 1. The van der Waals surface area contributed by atoms with Gasteiger partial charge in [0.2, 0.25) is 21.7 Å². The van der Waals surface area contributed by atoms with Gasteiger partial charge < -0.3 is 19.9 Å². The summed E-state index contributed by atoms with van der Waals surface area (Å²) in [5, 5.41) is 23.5. The van der Waals surface area contributed by atoms with E-state index >= 15 is 0 Å². The number of nitrogens with one attached hydrogen (secondary N) is 3. The number of carbonyl (C=O) groups excluding carboxylic acids is 3. The lowest BCUT2D eigenvalue weighted by molar-refractivity contribution is -0.118. The first-order chi connectivity index (χ1) is 22.2. The van der Waals surface area contributed by atoms with Crippen LogP contribution in [0.4, 0.5) is 26.0 Å². The molecule has 0 aliphatic rings. The number of hydrogen-bond acceptors (Lipinski definition) is 12. The van der Waals surface area contributed by atoms with Gasteiger partial charge in [0.1, 0.15) is 22.8 Å². The van der Waals surface area contributed by atoms with Crippen LogP contribution in [-0.4, -0.2) is 68.4 Å². The highest BCUT2D eigenvalue weighted by Crippen LogP contribution is 2.42. The quantitative estimate of drug-likeness (QED) is 0.111. The Morgan fingerprint density at radius 3 is 2.27 bits per heavy atom. The van der Waals surface area contributed by atoms with Gasteiger partial charge in [-0.25, -0.2) is 22.9 Å². The van der Waals surface area contributed by atoms with Crippen molar-refractivity contribution in [2.45, 2.75) is 73.7 Å². The zero-order valence-electron chi connectivity index (χ0n) is 27.9.